The van der Waals surface area contributed by atoms with Gasteiger partial charge in [-0.05, 0) is 66.5 Å². The Labute approximate surface area is 204 Å². The Morgan fingerprint density at radius 3 is 2.76 bits per heavy atom. The van der Waals surface area contributed by atoms with Crippen molar-refractivity contribution in [1.29, 1.82) is 0 Å². The van der Waals surface area contributed by atoms with E-state index in [0.29, 0.717) is 31.9 Å². The third-order valence-electron chi connectivity index (χ3n) is 6.35. The third-order valence-corrected chi connectivity index (χ3v) is 7.34. The highest BCUT2D eigenvalue weighted by Crippen LogP contribution is 2.34. The van der Waals surface area contributed by atoms with Crippen molar-refractivity contribution < 1.29 is 23.5 Å². The first-order chi connectivity index (χ1) is 16.4. The molecule has 0 bridgehead atoms. The van der Waals surface area contributed by atoms with Gasteiger partial charge >= 0.3 is 0 Å². The molecule has 0 radical (unpaired) electrons. The Kier molecular flexibility index (Phi) is 8.21. The second kappa shape index (κ2) is 11.3. The van der Waals surface area contributed by atoms with Gasteiger partial charge in [0.15, 0.2) is 0 Å². The maximum atomic E-state index is 13.6. The Morgan fingerprint density at radius 2 is 2.06 bits per heavy atom. The monoisotopic (exact) mass is 488 g/mol. The van der Waals surface area contributed by atoms with Crippen LogP contribution in [0, 0.1) is 11.7 Å². The van der Waals surface area contributed by atoms with E-state index in [1.807, 2.05) is 30.2 Å². The second-order valence-corrected chi connectivity index (χ2v) is 10.4. The smallest absolute Gasteiger partial charge is 0.242 e. The second-order valence-electron chi connectivity index (χ2n) is 9.42. The summed E-state index contributed by atoms with van der Waals surface area (Å²) in [7, 11) is 0. The van der Waals surface area contributed by atoms with E-state index in [0.717, 1.165) is 24.8 Å². The predicted molar refractivity (Wildman–Crippen MR) is 129 cm³/mol. The van der Waals surface area contributed by atoms with E-state index in [1.165, 1.54) is 17.0 Å². The quantitative estimate of drug-likeness (QED) is 0.524. The van der Waals surface area contributed by atoms with E-state index in [9.17, 15) is 14.0 Å². The average molecular weight is 489 g/mol. The van der Waals surface area contributed by atoms with E-state index in [-0.39, 0.29) is 48.8 Å². The fraction of sp³-hybridized carbons (Fsp3) is 0.538. The topological polar surface area (TPSA) is 59.1 Å². The van der Waals surface area contributed by atoms with E-state index in [4.69, 9.17) is 9.47 Å². The van der Waals surface area contributed by atoms with Crippen molar-refractivity contribution in [2.75, 3.05) is 32.8 Å². The van der Waals surface area contributed by atoms with Gasteiger partial charge < -0.3 is 19.3 Å². The van der Waals surface area contributed by atoms with E-state index >= 15 is 0 Å². The fourth-order valence-corrected chi connectivity index (χ4v) is 5.53. The Balaban J connectivity index is 1.48. The zero-order chi connectivity index (χ0) is 24.1. The summed E-state index contributed by atoms with van der Waals surface area (Å²) in [5.74, 6) is 0.364. The van der Waals surface area contributed by atoms with Crippen molar-refractivity contribution in [2.24, 2.45) is 5.92 Å². The summed E-state index contributed by atoms with van der Waals surface area (Å²) in [6, 6.07) is 7.69. The predicted octanol–water partition coefficient (Wildman–Crippen LogP) is 4.45. The summed E-state index contributed by atoms with van der Waals surface area (Å²) >= 11 is 1.69. The number of hydrogen-bond donors (Lipinski definition) is 0. The van der Waals surface area contributed by atoms with Crippen LogP contribution < -0.4 is 4.74 Å². The zero-order valence-electron chi connectivity index (χ0n) is 19.9. The highest BCUT2D eigenvalue weighted by Gasteiger charge is 2.34. The molecule has 0 saturated carbocycles. The van der Waals surface area contributed by atoms with E-state index < -0.39 is 0 Å². The molecular formula is C26H33FN2O4S. The van der Waals surface area contributed by atoms with Gasteiger partial charge in [0.2, 0.25) is 11.8 Å². The lowest BCUT2D eigenvalue weighted by molar-refractivity contribution is -0.144. The van der Waals surface area contributed by atoms with Gasteiger partial charge in [-0.25, -0.2) is 4.39 Å². The van der Waals surface area contributed by atoms with Gasteiger partial charge in [-0.15, -0.1) is 11.3 Å². The van der Waals surface area contributed by atoms with Crippen LogP contribution in [0.2, 0.25) is 0 Å². The molecule has 184 valence electrons. The summed E-state index contributed by atoms with van der Waals surface area (Å²) in [6.45, 7) is 6.07. The molecule has 0 spiro atoms. The van der Waals surface area contributed by atoms with Crippen LogP contribution in [0.15, 0.2) is 35.7 Å². The number of thiophene rings is 1. The molecule has 2 aromatic rings. The molecule has 2 aliphatic rings. The van der Waals surface area contributed by atoms with Crippen molar-refractivity contribution in [2.45, 2.75) is 51.7 Å². The van der Waals surface area contributed by atoms with Gasteiger partial charge in [0.1, 0.15) is 18.2 Å². The number of nitrogens with zero attached hydrogens (tertiary/aromatic N) is 2. The molecular weight excluding hydrogens is 455 g/mol. The molecule has 1 aromatic heterocycles. The van der Waals surface area contributed by atoms with Crippen molar-refractivity contribution in [3.63, 3.8) is 0 Å². The number of carbonyl (C=O) groups is 2. The van der Waals surface area contributed by atoms with Crippen LogP contribution in [0.3, 0.4) is 0 Å². The number of fused-ring (bicyclic) bond motifs is 1. The molecule has 0 aliphatic carbocycles. The minimum atomic E-state index is -0.320. The molecule has 0 N–H and O–H groups in total. The summed E-state index contributed by atoms with van der Waals surface area (Å²) in [6.07, 6.45) is 3.09. The first-order valence-electron chi connectivity index (χ1n) is 12.0. The van der Waals surface area contributed by atoms with Crippen molar-refractivity contribution >= 4 is 23.2 Å². The number of benzene rings is 1. The lowest BCUT2D eigenvalue weighted by Gasteiger charge is -2.37. The van der Waals surface area contributed by atoms with Gasteiger partial charge in [0.05, 0.1) is 18.7 Å². The van der Waals surface area contributed by atoms with Gasteiger partial charge in [-0.1, -0.05) is 13.8 Å². The van der Waals surface area contributed by atoms with Crippen LogP contribution in [-0.4, -0.2) is 60.6 Å². The number of hydrogen-bond acceptors (Lipinski definition) is 5. The van der Waals surface area contributed by atoms with Gasteiger partial charge in [0.25, 0.3) is 0 Å². The molecule has 1 fully saturated rings. The van der Waals surface area contributed by atoms with E-state index in [1.54, 1.807) is 28.4 Å². The standard InChI is InChI=1S/C26H33FN2O4S/c1-18(2)14-25(30)28(15-21-4-3-12-32-21)16-26(31)29-11-9-24-22(10-13-34-24)23(29)17-33-20-7-5-19(27)6-8-20/h5-8,10,13,18,21,23H,3-4,9,11-12,14-17H2,1-2H3/t21-,23-/m0/s1. The molecule has 2 atom stereocenters. The summed E-state index contributed by atoms with van der Waals surface area (Å²) in [5.41, 5.74) is 1.09. The Hall–Kier alpha value is -2.45. The summed E-state index contributed by atoms with van der Waals surface area (Å²) < 4.78 is 25.0. The first kappa shape index (κ1) is 24.7. The lowest BCUT2D eigenvalue weighted by atomic mass is 10.00. The van der Waals surface area contributed by atoms with E-state index in [2.05, 4.69) is 0 Å². The SMILES string of the molecule is CC(C)CC(=O)N(CC(=O)N1CCc2sccc2[C@@H]1COc1ccc(F)cc1)C[C@@H]1CCCO1. The molecule has 2 aliphatic heterocycles. The molecule has 3 heterocycles. The van der Waals surface area contributed by atoms with Crippen LogP contribution in [0.5, 0.6) is 5.75 Å². The van der Waals surface area contributed by atoms with Gasteiger partial charge in [-0.2, -0.15) is 0 Å². The highest BCUT2D eigenvalue weighted by atomic mass is 32.1. The fourth-order valence-electron chi connectivity index (χ4n) is 4.60. The van der Waals surface area contributed by atoms with Crippen LogP contribution in [-0.2, 0) is 20.7 Å². The molecule has 1 saturated heterocycles. The van der Waals surface area contributed by atoms with Crippen LogP contribution in [0.4, 0.5) is 4.39 Å². The van der Waals surface area contributed by atoms with Crippen LogP contribution in [0.1, 0.15) is 49.6 Å². The summed E-state index contributed by atoms with van der Waals surface area (Å²) in [5, 5.41) is 2.04. The Bertz CT molecular complexity index is 971. The molecule has 4 rings (SSSR count). The van der Waals surface area contributed by atoms with Crippen LogP contribution in [0.25, 0.3) is 0 Å². The lowest BCUT2D eigenvalue weighted by Crippen LogP contribution is -2.49. The molecule has 1 aromatic carbocycles. The molecule has 0 unspecified atom stereocenters. The number of halogens is 1. The van der Waals surface area contributed by atoms with Crippen molar-refractivity contribution in [3.05, 3.63) is 52.0 Å². The zero-order valence-corrected chi connectivity index (χ0v) is 20.7. The average Bonchev–Trinajstić information content (AvgIpc) is 3.49. The largest absolute Gasteiger partial charge is 0.491 e. The maximum absolute atomic E-state index is 13.6. The molecule has 6 nitrogen and oxygen atoms in total. The number of carbonyl (C=O) groups excluding carboxylic acids is 2. The first-order valence-corrected chi connectivity index (χ1v) is 12.9. The van der Waals surface area contributed by atoms with Crippen LogP contribution >= 0.6 is 11.3 Å². The minimum absolute atomic E-state index is 0.00801. The number of ether oxygens (including phenoxy) is 2. The molecule has 2 amide bonds. The summed E-state index contributed by atoms with van der Waals surface area (Å²) in [4.78, 5) is 31.3. The Morgan fingerprint density at radius 1 is 1.26 bits per heavy atom. The highest BCUT2D eigenvalue weighted by molar-refractivity contribution is 7.10. The number of amides is 2. The maximum Gasteiger partial charge on any atom is 0.242 e. The van der Waals surface area contributed by atoms with Crippen molar-refractivity contribution in [3.8, 4) is 5.75 Å². The minimum Gasteiger partial charge on any atom is -0.491 e. The molecule has 34 heavy (non-hydrogen) atoms. The normalized spacial score (nSPS) is 19.8. The third kappa shape index (κ3) is 6.16. The van der Waals surface area contributed by atoms with Crippen molar-refractivity contribution in [1.82, 2.24) is 9.80 Å². The van der Waals surface area contributed by atoms with Gasteiger partial charge in [-0.3, -0.25) is 9.59 Å². The molecule has 8 heteroatoms. The number of rotatable bonds is 9. The van der Waals surface area contributed by atoms with Gasteiger partial charge in [0, 0.05) is 31.0 Å².